The second kappa shape index (κ2) is 6.70. The molecule has 2 N–H and O–H groups in total. The zero-order valence-corrected chi connectivity index (χ0v) is 14.8. The van der Waals surface area contributed by atoms with Crippen LogP contribution in [0.5, 0.6) is 0 Å². The minimum atomic E-state index is -3.43. The molecule has 6 nitrogen and oxygen atoms in total. The zero-order chi connectivity index (χ0) is 18.0. The Kier molecular flexibility index (Phi) is 5.58. The highest BCUT2D eigenvalue weighted by Crippen LogP contribution is 2.23. The summed E-state index contributed by atoms with van der Waals surface area (Å²) >= 11 is 0. The van der Waals surface area contributed by atoms with Gasteiger partial charge >= 0.3 is 5.97 Å². The van der Waals surface area contributed by atoms with Gasteiger partial charge in [-0.25, -0.2) is 8.42 Å². The number of benzene rings is 1. The first-order chi connectivity index (χ1) is 10.4. The van der Waals surface area contributed by atoms with Crippen molar-refractivity contribution in [2.75, 3.05) is 6.26 Å². The number of amides is 1. The molecule has 0 fully saturated rings. The molecule has 0 aliphatic carbocycles. The first kappa shape index (κ1) is 19.2. The number of hydrogen-bond acceptors (Lipinski definition) is 4. The van der Waals surface area contributed by atoms with E-state index in [0.29, 0.717) is 5.56 Å². The van der Waals surface area contributed by atoms with Crippen molar-refractivity contribution in [3.05, 3.63) is 29.3 Å². The van der Waals surface area contributed by atoms with Crippen LogP contribution >= 0.6 is 0 Å². The number of sulfone groups is 1. The molecule has 0 aliphatic heterocycles. The Hall–Kier alpha value is -1.89. The summed E-state index contributed by atoms with van der Waals surface area (Å²) in [7, 11) is -3.43. The maximum Gasteiger partial charge on any atom is 0.305 e. The molecule has 0 spiro atoms. The van der Waals surface area contributed by atoms with Gasteiger partial charge < -0.3 is 10.4 Å². The van der Waals surface area contributed by atoms with Crippen molar-refractivity contribution < 1.29 is 23.1 Å². The normalized spacial score (nSPS) is 14.3. The molecule has 0 bridgehead atoms. The van der Waals surface area contributed by atoms with Crippen LogP contribution in [0.25, 0.3) is 0 Å². The monoisotopic (exact) mass is 341 g/mol. The van der Waals surface area contributed by atoms with Crippen molar-refractivity contribution in [1.29, 1.82) is 0 Å². The molecule has 0 aromatic heterocycles. The van der Waals surface area contributed by atoms with Gasteiger partial charge in [-0.15, -0.1) is 0 Å². The third kappa shape index (κ3) is 4.79. The second-order valence-corrected chi connectivity index (χ2v) is 8.36. The van der Waals surface area contributed by atoms with E-state index < -0.39 is 27.3 Å². The topological polar surface area (TPSA) is 101 Å². The fourth-order valence-corrected chi connectivity index (χ4v) is 2.76. The number of hydrogen-bond donors (Lipinski definition) is 2. The Balaban J connectivity index is 3.21. The molecule has 1 amide bonds. The van der Waals surface area contributed by atoms with Crippen LogP contribution in [0.15, 0.2) is 23.1 Å². The molecule has 0 saturated carbocycles. The lowest BCUT2D eigenvalue weighted by Crippen LogP contribution is -2.51. The van der Waals surface area contributed by atoms with Gasteiger partial charge in [0.15, 0.2) is 9.84 Å². The van der Waals surface area contributed by atoms with Crippen LogP contribution in [0, 0.1) is 12.8 Å². The molecule has 1 rings (SSSR count). The smallest absolute Gasteiger partial charge is 0.305 e. The number of nitrogens with one attached hydrogen (secondary N) is 1. The van der Waals surface area contributed by atoms with E-state index in [1.807, 2.05) is 13.8 Å². The van der Waals surface area contributed by atoms with Crippen molar-refractivity contribution in [1.82, 2.24) is 5.32 Å². The summed E-state index contributed by atoms with van der Waals surface area (Å²) in [5.74, 6) is -1.60. The number of aliphatic carboxylic acids is 1. The van der Waals surface area contributed by atoms with Crippen molar-refractivity contribution >= 4 is 21.7 Å². The number of rotatable bonds is 6. The highest BCUT2D eigenvalue weighted by Gasteiger charge is 2.33. The lowest BCUT2D eigenvalue weighted by Gasteiger charge is -2.33. The van der Waals surface area contributed by atoms with Gasteiger partial charge in [0, 0.05) is 11.8 Å². The van der Waals surface area contributed by atoms with Gasteiger partial charge in [0.25, 0.3) is 5.91 Å². The standard InChI is InChI=1S/C16H23NO5S/c1-10(2)16(4,9-14(18)19)17-15(20)13-8-12(23(5,21)22)7-6-11(13)3/h6-8,10H,9H2,1-5H3,(H,17,20)(H,18,19). The molecule has 0 heterocycles. The molecular formula is C16H23NO5S. The first-order valence-corrected chi connectivity index (χ1v) is 9.11. The summed E-state index contributed by atoms with van der Waals surface area (Å²) in [5.41, 5.74) is -0.0854. The highest BCUT2D eigenvalue weighted by molar-refractivity contribution is 7.90. The molecule has 1 aromatic rings. The summed E-state index contributed by atoms with van der Waals surface area (Å²) in [6.45, 7) is 7.01. The minimum absolute atomic E-state index is 0.0535. The molecular weight excluding hydrogens is 318 g/mol. The van der Waals surface area contributed by atoms with E-state index in [-0.39, 0.29) is 22.8 Å². The average molecular weight is 341 g/mol. The predicted molar refractivity (Wildman–Crippen MR) is 87.3 cm³/mol. The van der Waals surface area contributed by atoms with Crippen LogP contribution in [-0.2, 0) is 14.6 Å². The number of carboxylic acid groups (broad SMARTS) is 1. The lowest BCUT2D eigenvalue weighted by atomic mass is 9.85. The van der Waals surface area contributed by atoms with Crippen LogP contribution in [-0.4, -0.2) is 37.2 Å². The summed E-state index contributed by atoms with van der Waals surface area (Å²) in [6.07, 6.45) is 0.850. The second-order valence-electron chi connectivity index (χ2n) is 6.35. The van der Waals surface area contributed by atoms with Crippen molar-refractivity contribution in [2.45, 2.75) is 44.6 Å². The van der Waals surface area contributed by atoms with Gasteiger partial charge in [0.1, 0.15) is 0 Å². The molecule has 1 unspecified atom stereocenters. The van der Waals surface area contributed by atoms with E-state index in [9.17, 15) is 18.0 Å². The van der Waals surface area contributed by atoms with E-state index in [1.54, 1.807) is 19.9 Å². The van der Waals surface area contributed by atoms with Gasteiger partial charge in [-0.05, 0) is 37.5 Å². The molecule has 128 valence electrons. The number of aryl methyl sites for hydroxylation is 1. The van der Waals surface area contributed by atoms with E-state index in [0.717, 1.165) is 6.26 Å². The van der Waals surface area contributed by atoms with Crippen LogP contribution < -0.4 is 5.32 Å². The van der Waals surface area contributed by atoms with Crippen LogP contribution in [0.1, 0.15) is 43.1 Å². The summed E-state index contributed by atoms with van der Waals surface area (Å²) in [5, 5.41) is 11.8. The van der Waals surface area contributed by atoms with E-state index in [1.165, 1.54) is 12.1 Å². The number of carboxylic acids is 1. The Morgan fingerprint density at radius 2 is 1.87 bits per heavy atom. The quantitative estimate of drug-likeness (QED) is 0.824. The largest absolute Gasteiger partial charge is 0.481 e. The third-order valence-electron chi connectivity index (χ3n) is 4.07. The Bertz CT molecular complexity index is 724. The van der Waals surface area contributed by atoms with Crippen molar-refractivity contribution in [3.8, 4) is 0 Å². The molecule has 0 radical (unpaired) electrons. The van der Waals surface area contributed by atoms with Crippen LogP contribution in [0.3, 0.4) is 0 Å². The average Bonchev–Trinajstić information content (AvgIpc) is 2.36. The maximum atomic E-state index is 12.5. The van der Waals surface area contributed by atoms with Gasteiger partial charge in [-0.1, -0.05) is 19.9 Å². The van der Waals surface area contributed by atoms with Gasteiger partial charge in [-0.2, -0.15) is 0 Å². The van der Waals surface area contributed by atoms with E-state index >= 15 is 0 Å². The van der Waals surface area contributed by atoms with Gasteiger partial charge in [0.05, 0.1) is 16.9 Å². The fraction of sp³-hybridized carbons (Fsp3) is 0.500. The SMILES string of the molecule is Cc1ccc(S(C)(=O)=O)cc1C(=O)NC(C)(CC(=O)O)C(C)C. The maximum absolute atomic E-state index is 12.5. The molecule has 0 saturated heterocycles. The molecule has 1 aromatic carbocycles. The summed E-state index contributed by atoms with van der Waals surface area (Å²) < 4.78 is 23.3. The Morgan fingerprint density at radius 1 is 1.30 bits per heavy atom. The van der Waals surface area contributed by atoms with Gasteiger partial charge in [-0.3, -0.25) is 9.59 Å². The van der Waals surface area contributed by atoms with Crippen molar-refractivity contribution in [2.24, 2.45) is 5.92 Å². The summed E-state index contributed by atoms with van der Waals surface area (Å²) in [6, 6.07) is 4.33. The zero-order valence-electron chi connectivity index (χ0n) is 14.0. The Morgan fingerprint density at radius 3 is 2.30 bits per heavy atom. The summed E-state index contributed by atoms with van der Waals surface area (Å²) in [4.78, 5) is 23.7. The highest BCUT2D eigenvalue weighted by atomic mass is 32.2. The Labute approximate surface area is 136 Å². The van der Waals surface area contributed by atoms with Crippen molar-refractivity contribution in [3.63, 3.8) is 0 Å². The lowest BCUT2D eigenvalue weighted by molar-refractivity contribution is -0.138. The number of carbonyl (C=O) groups is 2. The molecule has 7 heteroatoms. The molecule has 1 atom stereocenters. The molecule has 23 heavy (non-hydrogen) atoms. The van der Waals surface area contributed by atoms with Crippen LogP contribution in [0.4, 0.5) is 0 Å². The predicted octanol–water partition coefficient (Wildman–Crippen LogP) is 2.02. The first-order valence-electron chi connectivity index (χ1n) is 7.22. The fourth-order valence-electron chi connectivity index (χ4n) is 2.11. The van der Waals surface area contributed by atoms with E-state index in [2.05, 4.69) is 5.32 Å². The third-order valence-corrected chi connectivity index (χ3v) is 5.18. The number of carbonyl (C=O) groups excluding carboxylic acids is 1. The van der Waals surface area contributed by atoms with Crippen LogP contribution in [0.2, 0.25) is 0 Å². The van der Waals surface area contributed by atoms with E-state index in [4.69, 9.17) is 5.11 Å². The van der Waals surface area contributed by atoms with Gasteiger partial charge in [0.2, 0.25) is 0 Å². The minimum Gasteiger partial charge on any atom is -0.481 e. The molecule has 0 aliphatic rings.